The third-order valence-electron chi connectivity index (χ3n) is 5.38. The third-order valence-corrected chi connectivity index (χ3v) is 5.38. The van der Waals surface area contributed by atoms with Crippen molar-refractivity contribution in [2.75, 3.05) is 46.4 Å². The second-order valence-electron chi connectivity index (χ2n) is 7.19. The number of amides is 4. The molecular formula is C17H24N7O4+. The Hall–Kier alpha value is -2.79. The first-order valence-corrected chi connectivity index (χ1v) is 9.26. The van der Waals surface area contributed by atoms with Gasteiger partial charge in [-0.3, -0.25) is 24.3 Å². The monoisotopic (exact) mass is 390 g/mol. The van der Waals surface area contributed by atoms with Crippen molar-refractivity contribution in [3.05, 3.63) is 11.9 Å². The highest BCUT2D eigenvalue weighted by molar-refractivity contribution is 6.19. The Labute approximate surface area is 161 Å². The first-order chi connectivity index (χ1) is 13.4. The number of imide groups is 1. The summed E-state index contributed by atoms with van der Waals surface area (Å²) in [5, 5.41) is 0. The number of likely N-dealkylation sites (N-methyl/N-ethyl adjacent to an activating group) is 1. The molecule has 2 N–H and O–H groups in total. The van der Waals surface area contributed by atoms with Crippen molar-refractivity contribution in [2.45, 2.75) is 19.5 Å². The van der Waals surface area contributed by atoms with Gasteiger partial charge in [-0.15, -0.1) is 0 Å². The van der Waals surface area contributed by atoms with Crippen molar-refractivity contribution >= 4 is 29.6 Å². The van der Waals surface area contributed by atoms with Crippen LogP contribution in [0.1, 0.15) is 11.7 Å². The van der Waals surface area contributed by atoms with E-state index in [0.717, 1.165) is 43.4 Å². The molecule has 1 aromatic heterocycles. The number of nitrogens with zero attached hydrogens (tertiary/aromatic N) is 6. The van der Waals surface area contributed by atoms with E-state index in [4.69, 9.17) is 10.5 Å². The fraction of sp³-hybridized carbons (Fsp3) is 0.588. The van der Waals surface area contributed by atoms with Crippen molar-refractivity contribution in [1.82, 2.24) is 19.3 Å². The van der Waals surface area contributed by atoms with Gasteiger partial charge in [0.25, 0.3) is 5.91 Å². The number of imidazole rings is 1. The number of fused-ring (bicyclic) bond motifs is 3. The van der Waals surface area contributed by atoms with Gasteiger partial charge in [0, 0.05) is 26.7 Å². The highest BCUT2D eigenvalue weighted by atomic mass is 16.5. The van der Waals surface area contributed by atoms with E-state index in [1.807, 2.05) is 17.7 Å². The zero-order chi connectivity index (χ0) is 20.0. The molecule has 1 aromatic rings. The average molecular weight is 390 g/mol. The summed E-state index contributed by atoms with van der Waals surface area (Å²) in [4.78, 5) is 45.8. The molecule has 0 bridgehead atoms. The summed E-state index contributed by atoms with van der Waals surface area (Å²) in [6.45, 7) is 6.33. The fourth-order valence-electron chi connectivity index (χ4n) is 3.87. The number of hydrogen-bond acceptors (Lipinski definition) is 6. The predicted molar refractivity (Wildman–Crippen MR) is 96.8 cm³/mol. The first-order valence-electron chi connectivity index (χ1n) is 9.26. The molecule has 28 heavy (non-hydrogen) atoms. The molecule has 11 nitrogen and oxygen atoms in total. The molecule has 0 radical (unpaired) electrons. The fourth-order valence-corrected chi connectivity index (χ4v) is 3.87. The number of carbonyl (C=O) groups excluding carboxylic acids is 3. The number of rotatable bonds is 5. The van der Waals surface area contributed by atoms with Crippen molar-refractivity contribution in [3.8, 4) is 0 Å². The molecule has 0 saturated carbocycles. The smallest absolute Gasteiger partial charge is 0.379 e. The van der Waals surface area contributed by atoms with Crippen LogP contribution in [0.15, 0.2) is 11.2 Å². The van der Waals surface area contributed by atoms with E-state index in [1.165, 1.54) is 4.90 Å². The Kier molecular flexibility index (Phi) is 4.63. The normalized spacial score (nSPS) is 22.4. The van der Waals surface area contributed by atoms with Gasteiger partial charge >= 0.3 is 12.0 Å². The highest BCUT2D eigenvalue weighted by Crippen LogP contribution is 2.29. The SMILES string of the molecule is Cc1c[n+]2c(n1CCN1CCOCC1)N=C1C2C(=O)N(CC(N)=O)C(=O)N1C. The molecule has 4 rings (SSSR count). The van der Waals surface area contributed by atoms with E-state index < -0.39 is 30.4 Å². The highest BCUT2D eigenvalue weighted by Gasteiger charge is 2.53. The van der Waals surface area contributed by atoms with Crippen LogP contribution in [0.5, 0.6) is 0 Å². The molecule has 2 fully saturated rings. The lowest BCUT2D eigenvalue weighted by atomic mass is 10.1. The molecule has 4 amide bonds. The van der Waals surface area contributed by atoms with Crippen LogP contribution in [0.25, 0.3) is 0 Å². The summed E-state index contributed by atoms with van der Waals surface area (Å²) in [5.74, 6) is -0.238. The molecule has 0 aliphatic carbocycles. The maximum Gasteiger partial charge on any atom is 0.401 e. The molecule has 4 heterocycles. The number of amidine groups is 1. The second-order valence-corrected chi connectivity index (χ2v) is 7.19. The third kappa shape index (κ3) is 2.96. The summed E-state index contributed by atoms with van der Waals surface area (Å²) < 4.78 is 9.20. The lowest BCUT2D eigenvalue weighted by Gasteiger charge is -2.32. The lowest BCUT2D eigenvalue weighted by molar-refractivity contribution is -0.677. The van der Waals surface area contributed by atoms with Crippen LogP contribution in [-0.2, 0) is 20.9 Å². The molecule has 1 atom stereocenters. The van der Waals surface area contributed by atoms with Gasteiger partial charge < -0.3 is 10.5 Å². The minimum absolute atomic E-state index is 0.367. The number of primary amides is 1. The summed E-state index contributed by atoms with van der Waals surface area (Å²) in [6.07, 6.45) is 1.86. The molecular weight excluding hydrogens is 366 g/mol. The van der Waals surface area contributed by atoms with E-state index in [9.17, 15) is 14.4 Å². The molecule has 3 aliphatic rings. The Morgan fingerprint density at radius 1 is 1.32 bits per heavy atom. The Balaban J connectivity index is 1.62. The number of morpholine rings is 1. The quantitative estimate of drug-likeness (QED) is 0.607. The topological polar surface area (TPSA) is 117 Å². The van der Waals surface area contributed by atoms with Crippen LogP contribution < -0.4 is 10.3 Å². The van der Waals surface area contributed by atoms with Crippen molar-refractivity contribution < 1.29 is 23.7 Å². The second kappa shape index (κ2) is 6.99. The van der Waals surface area contributed by atoms with Crippen LogP contribution >= 0.6 is 0 Å². The number of aryl methyl sites for hydroxylation is 1. The summed E-state index contributed by atoms with van der Waals surface area (Å²) in [5.41, 5.74) is 6.18. The minimum Gasteiger partial charge on any atom is -0.379 e. The Morgan fingerprint density at radius 2 is 2.04 bits per heavy atom. The Bertz CT molecular complexity index is 871. The molecule has 0 spiro atoms. The number of carbonyl (C=O) groups is 3. The molecule has 11 heteroatoms. The lowest BCUT2D eigenvalue weighted by Crippen LogP contribution is -2.63. The average Bonchev–Trinajstić information content (AvgIpc) is 3.17. The zero-order valence-electron chi connectivity index (χ0n) is 16.0. The van der Waals surface area contributed by atoms with E-state index in [2.05, 4.69) is 9.89 Å². The molecule has 0 aromatic carbocycles. The van der Waals surface area contributed by atoms with E-state index >= 15 is 0 Å². The number of aliphatic imine (C=N–C) groups is 1. The van der Waals surface area contributed by atoms with Crippen LogP contribution in [0, 0.1) is 6.92 Å². The van der Waals surface area contributed by atoms with Crippen LogP contribution in [0.2, 0.25) is 0 Å². The largest absolute Gasteiger partial charge is 0.401 e. The molecule has 150 valence electrons. The summed E-state index contributed by atoms with van der Waals surface area (Å²) >= 11 is 0. The van der Waals surface area contributed by atoms with Crippen molar-refractivity contribution in [1.29, 1.82) is 0 Å². The number of nitrogens with two attached hydrogens (primary N) is 1. The standard InChI is InChI=1S/C17H23N7O4/c1-11-9-23-13-14(20(2)17(27)24(15(13)26)10-12(18)25)19-16(23)22(11)4-3-21-5-7-28-8-6-21/h9,13H,3-8,10H2,1-2H3,(H-,18,25)/p+1. The maximum absolute atomic E-state index is 12.9. The van der Waals surface area contributed by atoms with Crippen molar-refractivity contribution in [3.63, 3.8) is 0 Å². The maximum atomic E-state index is 12.9. The van der Waals surface area contributed by atoms with Gasteiger partial charge in [-0.2, -0.15) is 0 Å². The van der Waals surface area contributed by atoms with Gasteiger partial charge in [-0.25, -0.2) is 13.9 Å². The number of aromatic nitrogens is 2. The first kappa shape index (κ1) is 18.6. The van der Waals surface area contributed by atoms with Crippen LogP contribution in [-0.4, -0.2) is 89.4 Å². The van der Waals surface area contributed by atoms with Gasteiger partial charge in [-0.1, -0.05) is 4.99 Å². The summed E-state index contributed by atoms with van der Waals surface area (Å²) in [6, 6.07) is -1.36. The number of ether oxygens (including phenoxy) is 1. The minimum atomic E-state index is -0.764. The number of urea groups is 1. The predicted octanol–water partition coefficient (Wildman–Crippen LogP) is -1.62. The van der Waals surface area contributed by atoms with Crippen molar-refractivity contribution in [2.24, 2.45) is 10.7 Å². The van der Waals surface area contributed by atoms with Gasteiger partial charge in [0.05, 0.1) is 19.8 Å². The van der Waals surface area contributed by atoms with Crippen LogP contribution in [0.4, 0.5) is 10.7 Å². The van der Waals surface area contributed by atoms with Gasteiger partial charge in [0.1, 0.15) is 18.4 Å². The molecule has 1 unspecified atom stereocenters. The van der Waals surface area contributed by atoms with E-state index in [-0.39, 0.29) is 0 Å². The van der Waals surface area contributed by atoms with Gasteiger partial charge in [0.15, 0.2) is 0 Å². The molecule has 3 aliphatic heterocycles. The number of hydrogen-bond donors (Lipinski definition) is 1. The van der Waals surface area contributed by atoms with Crippen LogP contribution in [0.3, 0.4) is 0 Å². The summed E-state index contributed by atoms with van der Waals surface area (Å²) in [7, 11) is 1.55. The van der Waals surface area contributed by atoms with Gasteiger partial charge in [-0.05, 0) is 6.92 Å². The van der Waals surface area contributed by atoms with E-state index in [1.54, 1.807) is 11.6 Å². The van der Waals surface area contributed by atoms with Gasteiger partial charge in [0.2, 0.25) is 17.8 Å². The Morgan fingerprint density at radius 3 is 2.71 bits per heavy atom. The zero-order valence-corrected chi connectivity index (χ0v) is 16.0. The van der Waals surface area contributed by atoms with E-state index in [0.29, 0.717) is 18.3 Å². The molecule has 2 saturated heterocycles.